The van der Waals surface area contributed by atoms with Gasteiger partial charge in [-0.05, 0) is 54.9 Å². The van der Waals surface area contributed by atoms with Crippen molar-refractivity contribution in [1.29, 1.82) is 0 Å². The van der Waals surface area contributed by atoms with Crippen LogP contribution < -0.4 is 10.1 Å². The molecule has 6 nitrogen and oxygen atoms in total. The van der Waals surface area contributed by atoms with Crippen LogP contribution in [0.5, 0.6) is 5.75 Å². The first-order valence-corrected chi connectivity index (χ1v) is 11.4. The van der Waals surface area contributed by atoms with Crippen molar-refractivity contribution < 1.29 is 19.4 Å². The maximum absolute atomic E-state index is 10.9. The first-order chi connectivity index (χ1) is 17.1. The lowest BCUT2D eigenvalue weighted by Crippen LogP contribution is -2.09. The number of nitrogens with zero attached hydrogens (tertiary/aromatic N) is 1. The lowest BCUT2D eigenvalue weighted by atomic mass is 10.1. The Morgan fingerprint density at radius 3 is 2.31 bits per heavy atom. The van der Waals surface area contributed by atoms with Gasteiger partial charge in [-0.2, -0.15) is 0 Å². The minimum atomic E-state index is -1.03. The third-order valence-corrected chi connectivity index (χ3v) is 5.32. The second-order valence-electron chi connectivity index (χ2n) is 7.88. The molecule has 35 heavy (non-hydrogen) atoms. The van der Waals surface area contributed by atoms with Crippen LogP contribution in [0.4, 0.5) is 0 Å². The predicted molar refractivity (Wildman–Crippen MR) is 140 cm³/mol. The quantitative estimate of drug-likeness (QED) is 0.253. The molecule has 0 aliphatic rings. The van der Waals surface area contributed by atoms with E-state index in [1.807, 2.05) is 61.6 Å². The zero-order valence-electron chi connectivity index (χ0n) is 19.8. The van der Waals surface area contributed by atoms with Crippen LogP contribution in [0.3, 0.4) is 0 Å². The Bertz CT molecular complexity index is 1250. The number of benzene rings is 3. The Balaban J connectivity index is 0.000000287. The van der Waals surface area contributed by atoms with Crippen molar-refractivity contribution in [3.63, 3.8) is 0 Å². The number of ether oxygens (including phenoxy) is 1. The monoisotopic (exact) mass is 470 g/mol. The third kappa shape index (κ3) is 7.98. The van der Waals surface area contributed by atoms with Crippen LogP contribution in [0.25, 0.3) is 17.1 Å². The van der Waals surface area contributed by atoms with Gasteiger partial charge in [-0.3, -0.25) is 0 Å². The summed E-state index contributed by atoms with van der Waals surface area (Å²) in [5.74, 6) is -0.329. The molecule has 0 aliphatic heterocycles. The Labute approximate surface area is 205 Å². The van der Waals surface area contributed by atoms with Gasteiger partial charge in [-0.15, -0.1) is 0 Å². The number of aliphatic carboxylic acids is 1. The maximum Gasteiger partial charge on any atom is 0.329 e. The fourth-order valence-electron chi connectivity index (χ4n) is 3.57. The van der Waals surface area contributed by atoms with Crippen molar-refractivity contribution in [2.75, 3.05) is 13.6 Å². The molecule has 0 spiro atoms. The van der Waals surface area contributed by atoms with Crippen molar-refractivity contribution in [3.8, 4) is 5.75 Å². The van der Waals surface area contributed by atoms with E-state index in [2.05, 4.69) is 29.6 Å². The van der Waals surface area contributed by atoms with E-state index >= 15 is 0 Å². The molecule has 1 heterocycles. The summed E-state index contributed by atoms with van der Waals surface area (Å²) in [5, 5.41) is 12.8. The summed E-state index contributed by atoms with van der Waals surface area (Å²) in [5.41, 5.74) is 4.11. The molecule has 0 bridgehead atoms. The molecule has 1 aromatic heterocycles. The van der Waals surface area contributed by atoms with E-state index in [1.165, 1.54) is 11.8 Å². The number of aromatic nitrogens is 1. The van der Waals surface area contributed by atoms with Crippen molar-refractivity contribution in [2.45, 2.75) is 19.4 Å². The zero-order chi connectivity index (χ0) is 24.9. The molecule has 0 saturated carbocycles. The first kappa shape index (κ1) is 25.5. The van der Waals surface area contributed by atoms with Crippen molar-refractivity contribution in [1.82, 2.24) is 9.88 Å². The van der Waals surface area contributed by atoms with E-state index in [9.17, 15) is 9.59 Å². The SMILES string of the molecule is CNCCc1ccccc1.O=CCc1cn(/C=C/C(=O)O)c2ccc(OCc3ccccc3)cc12. The number of hydrogen-bond donors (Lipinski definition) is 2. The minimum absolute atomic E-state index is 0.256. The number of likely N-dealkylation sites (N-methyl/N-ethyl adjacent to an activating group) is 1. The molecule has 0 fully saturated rings. The number of carbonyl (C=O) groups is 2. The van der Waals surface area contributed by atoms with E-state index in [0.717, 1.165) is 47.4 Å². The number of hydrogen-bond acceptors (Lipinski definition) is 4. The number of fused-ring (bicyclic) bond motifs is 1. The Hall–Kier alpha value is -4.16. The summed E-state index contributed by atoms with van der Waals surface area (Å²) in [7, 11) is 1.98. The first-order valence-electron chi connectivity index (χ1n) is 11.4. The van der Waals surface area contributed by atoms with Crippen LogP contribution >= 0.6 is 0 Å². The van der Waals surface area contributed by atoms with Gasteiger partial charge in [-0.1, -0.05) is 60.7 Å². The minimum Gasteiger partial charge on any atom is -0.489 e. The molecule has 6 heteroatoms. The van der Waals surface area contributed by atoms with E-state index in [0.29, 0.717) is 12.4 Å². The average Bonchev–Trinajstić information content (AvgIpc) is 3.23. The maximum atomic E-state index is 10.9. The van der Waals surface area contributed by atoms with Crippen molar-refractivity contribution in [2.24, 2.45) is 0 Å². The summed E-state index contributed by atoms with van der Waals surface area (Å²) in [6, 6.07) is 25.9. The molecule has 0 unspecified atom stereocenters. The molecule has 0 radical (unpaired) electrons. The Kier molecular flexibility index (Phi) is 9.84. The van der Waals surface area contributed by atoms with Gasteiger partial charge in [0.2, 0.25) is 0 Å². The molecule has 4 aromatic rings. The molecule has 0 atom stereocenters. The van der Waals surface area contributed by atoms with Gasteiger partial charge in [-0.25, -0.2) is 4.79 Å². The third-order valence-electron chi connectivity index (χ3n) is 5.32. The summed E-state index contributed by atoms with van der Waals surface area (Å²) in [6.07, 6.45) is 6.49. The molecular formula is C29H30N2O4. The second-order valence-corrected chi connectivity index (χ2v) is 7.88. The lowest BCUT2D eigenvalue weighted by molar-refractivity contribution is -0.131. The lowest BCUT2D eigenvalue weighted by Gasteiger charge is -2.07. The smallest absolute Gasteiger partial charge is 0.329 e. The highest BCUT2D eigenvalue weighted by Gasteiger charge is 2.09. The summed E-state index contributed by atoms with van der Waals surface area (Å²) >= 11 is 0. The van der Waals surface area contributed by atoms with Gasteiger partial charge in [0, 0.05) is 30.3 Å². The van der Waals surface area contributed by atoms with Gasteiger partial charge in [0.25, 0.3) is 0 Å². The summed E-state index contributed by atoms with van der Waals surface area (Å²) in [4.78, 5) is 21.7. The van der Waals surface area contributed by atoms with Gasteiger partial charge in [0.05, 0.1) is 5.52 Å². The average molecular weight is 471 g/mol. The van der Waals surface area contributed by atoms with Gasteiger partial charge >= 0.3 is 5.97 Å². The van der Waals surface area contributed by atoms with E-state index in [-0.39, 0.29) is 6.42 Å². The highest BCUT2D eigenvalue weighted by molar-refractivity contribution is 5.90. The molecule has 0 saturated heterocycles. The van der Waals surface area contributed by atoms with Crippen LogP contribution in [0.2, 0.25) is 0 Å². The number of nitrogens with one attached hydrogen (secondary N) is 1. The predicted octanol–water partition coefficient (Wildman–Crippen LogP) is 4.97. The Morgan fingerprint density at radius 2 is 1.69 bits per heavy atom. The largest absolute Gasteiger partial charge is 0.489 e. The fourth-order valence-corrected chi connectivity index (χ4v) is 3.57. The molecular weight excluding hydrogens is 440 g/mol. The summed E-state index contributed by atoms with van der Waals surface area (Å²) in [6.45, 7) is 1.51. The highest BCUT2D eigenvalue weighted by Crippen LogP contribution is 2.27. The van der Waals surface area contributed by atoms with E-state index in [4.69, 9.17) is 9.84 Å². The van der Waals surface area contributed by atoms with Crippen LogP contribution in [0.1, 0.15) is 16.7 Å². The van der Waals surface area contributed by atoms with Crippen LogP contribution in [0.15, 0.2) is 91.1 Å². The van der Waals surface area contributed by atoms with Crippen LogP contribution in [-0.2, 0) is 29.0 Å². The number of carboxylic acid groups (broad SMARTS) is 1. The number of carbonyl (C=O) groups excluding carboxylic acids is 1. The van der Waals surface area contributed by atoms with E-state index < -0.39 is 5.97 Å². The molecule has 180 valence electrons. The number of aldehydes is 1. The van der Waals surface area contributed by atoms with Gasteiger partial charge in [0.15, 0.2) is 0 Å². The fraction of sp³-hybridized carbons (Fsp3) is 0.172. The highest BCUT2D eigenvalue weighted by atomic mass is 16.5. The molecule has 3 aromatic carbocycles. The molecule has 4 rings (SSSR count). The van der Waals surface area contributed by atoms with Crippen LogP contribution in [-0.4, -0.2) is 35.5 Å². The second kappa shape index (κ2) is 13.5. The molecule has 0 aliphatic carbocycles. The van der Waals surface area contributed by atoms with Crippen molar-refractivity contribution >= 4 is 29.4 Å². The summed E-state index contributed by atoms with van der Waals surface area (Å²) < 4.78 is 7.53. The zero-order valence-corrected chi connectivity index (χ0v) is 19.8. The van der Waals surface area contributed by atoms with Gasteiger partial charge < -0.3 is 24.5 Å². The van der Waals surface area contributed by atoms with Crippen LogP contribution in [0, 0.1) is 0 Å². The number of carboxylic acids is 1. The Morgan fingerprint density at radius 1 is 1.00 bits per heavy atom. The number of rotatable bonds is 10. The van der Waals surface area contributed by atoms with E-state index in [1.54, 1.807) is 10.8 Å². The normalized spacial score (nSPS) is 10.7. The standard InChI is InChI=1S/C20H17NO4.C9H13N/c22-11-9-16-13-21(10-8-20(23)24)19-7-6-17(12-18(16)19)25-14-15-4-2-1-3-5-15;1-10-8-7-9-5-3-2-4-6-9/h1-8,10-13H,9,14H2,(H,23,24);2-6,10H,7-8H2,1H3/b10-8+;. The molecule has 0 amide bonds. The van der Waals surface area contributed by atoms with Crippen molar-refractivity contribution in [3.05, 3.63) is 108 Å². The van der Waals surface area contributed by atoms with Gasteiger partial charge in [0.1, 0.15) is 18.6 Å². The molecule has 2 N–H and O–H groups in total. The topological polar surface area (TPSA) is 80.6 Å².